The van der Waals surface area contributed by atoms with Crippen molar-refractivity contribution in [2.45, 2.75) is 45.4 Å². The molecule has 3 aromatic rings. The summed E-state index contributed by atoms with van der Waals surface area (Å²) in [6.07, 6.45) is 4.03. The van der Waals surface area contributed by atoms with Gasteiger partial charge in [-0.3, -0.25) is 14.6 Å². The molecular weight excluding hydrogens is 436 g/mol. The highest BCUT2D eigenvalue weighted by Crippen LogP contribution is 2.42. The normalized spacial score (nSPS) is 18.7. The number of rotatable bonds is 5. The molecule has 6 heteroatoms. The molecule has 0 aliphatic carbocycles. The molecule has 2 N–H and O–H groups in total. The topological polar surface area (TPSA) is 79.5 Å². The van der Waals surface area contributed by atoms with Crippen LogP contribution in [-0.2, 0) is 27.8 Å². The van der Waals surface area contributed by atoms with Crippen LogP contribution in [0, 0.1) is 12.8 Å². The van der Waals surface area contributed by atoms with Crippen LogP contribution in [0.2, 0.25) is 0 Å². The van der Waals surface area contributed by atoms with Crippen molar-refractivity contribution in [1.82, 2.24) is 4.98 Å². The molecule has 1 aromatic heterocycles. The van der Waals surface area contributed by atoms with Gasteiger partial charge >= 0.3 is 0 Å². The van der Waals surface area contributed by atoms with Crippen molar-refractivity contribution in [2.24, 2.45) is 5.92 Å². The van der Waals surface area contributed by atoms with E-state index >= 15 is 0 Å². The molecule has 1 saturated heterocycles. The molecule has 2 amide bonds. The Hall–Kier alpha value is -3.67. The Kier molecular flexibility index (Phi) is 5.83. The average Bonchev–Trinajstić information content (AvgIpc) is 3.35. The van der Waals surface area contributed by atoms with Crippen molar-refractivity contribution in [3.8, 4) is 0 Å². The summed E-state index contributed by atoms with van der Waals surface area (Å²) in [5.74, 6) is -0.372. The van der Waals surface area contributed by atoms with Gasteiger partial charge in [-0.05, 0) is 66.8 Å². The molecule has 6 nitrogen and oxygen atoms in total. The summed E-state index contributed by atoms with van der Waals surface area (Å²) in [5.41, 5.74) is 12.8. The van der Waals surface area contributed by atoms with Crippen LogP contribution in [0.4, 0.5) is 17.1 Å². The third kappa shape index (κ3) is 4.53. The van der Waals surface area contributed by atoms with Crippen LogP contribution in [0.1, 0.15) is 42.7 Å². The van der Waals surface area contributed by atoms with E-state index in [1.165, 1.54) is 16.7 Å². The molecule has 3 heterocycles. The number of benzene rings is 2. The second kappa shape index (κ2) is 8.84. The van der Waals surface area contributed by atoms with Gasteiger partial charge in [-0.1, -0.05) is 38.1 Å². The van der Waals surface area contributed by atoms with Gasteiger partial charge in [-0.25, -0.2) is 0 Å². The van der Waals surface area contributed by atoms with Crippen LogP contribution >= 0.6 is 0 Å². The summed E-state index contributed by atoms with van der Waals surface area (Å²) < 4.78 is 0. The Bertz CT molecular complexity index is 1280. The van der Waals surface area contributed by atoms with E-state index in [9.17, 15) is 9.59 Å². The Morgan fingerprint density at radius 3 is 2.60 bits per heavy atom. The number of aryl methyl sites for hydroxylation is 3. The molecule has 35 heavy (non-hydrogen) atoms. The first-order valence-corrected chi connectivity index (χ1v) is 12.2. The second-order valence-corrected chi connectivity index (χ2v) is 10.5. The number of nitrogen functional groups attached to an aromatic ring is 1. The monoisotopic (exact) mass is 468 g/mol. The van der Waals surface area contributed by atoms with Crippen LogP contribution in [-0.4, -0.2) is 29.9 Å². The van der Waals surface area contributed by atoms with Crippen molar-refractivity contribution in [2.75, 3.05) is 28.6 Å². The largest absolute Gasteiger partial charge is 0.399 e. The zero-order valence-electron chi connectivity index (χ0n) is 20.6. The lowest BCUT2D eigenvalue weighted by atomic mass is 9.85. The number of fused-ring (bicyclic) bond motifs is 1. The molecule has 0 bridgehead atoms. The van der Waals surface area contributed by atoms with Gasteiger partial charge in [0.05, 0.1) is 5.92 Å². The zero-order chi connectivity index (χ0) is 24.7. The first-order chi connectivity index (χ1) is 16.7. The molecule has 1 atom stereocenters. The minimum atomic E-state index is -0.362. The summed E-state index contributed by atoms with van der Waals surface area (Å²) >= 11 is 0. The number of anilines is 3. The van der Waals surface area contributed by atoms with Gasteiger partial charge in [0.1, 0.15) is 0 Å². The van der Waals surface area contributed by atoms with E-state index in [1.807, 2.05) is 36.2 Å². The number of hydrogen-bond donors (Lipinski definition) is 1. The predicted molar refractivity (Wildman–Crippen MR) is 140 cm³/mol. The highest BCUT2D eigenvalue weighted by atomic mass is 16.2. The van der Waals surface area contributed by atoms with Crippen molar-refractivity contribution < 1.29 is 9.59 Å². The summed E-state index contributed by atoms with van der Waals surface area (Å²) in [5, 5.41) is 0. The fourth-order valence-electron chi connectivity index (χ4n) is 5.25. The number of pyridine rings is 1. The fraction of sp³-hybridized carbons (Fsp3) is 0.345. The van der Waals surface area contributed by atoms with Crippen molar-refractivity contribution in [3.63, 3.8) is 0 Å². The SMILES string of the molecule is Cc1ccc(CCc2ccc3c(c2)C(C)(C)CN3C(=O)[C@H]2CC(=O)N(c3cccc(N)c3)C2)cn1. The number of carbonyl (C=O) groups excluding carboxylic acids is 2. The average molecular weight is 469 g/mol. The smallest absolute Gasteiger partial charge is 0.232 e. The number of aromatic nitrogens is 1. The van der Waals surface area contributed by atoms with E-state index in [4.69, 9.17) is 5.73 Å². The van der Waals surface area contributed by atoms with E-state index in [2.05, 4.69) is 43.1 Å². The molecule has 0 saturated carbocycles. The van der Waals surface area contributed by atoms with Crippen molar-refractivity contribution in [3.05, 3.63) is 83.2 Å². The zero-order valence-corrected chi connectivity index (χ0v) is 20.6. The Labute approximate surface area is 206 Å². The van der Waals surface area contributed by atoms with E-state index in [1.54, 1.807) is 17.0 Å². The minimum Gasteiger partial charge on any atom is -0.399 e. The maximum absolute atomic E-state index is 13.6. The summed E-state index contributed by atoms with van der Waals surface area (Å²) in [6.45, 7) is 7.37. The fourth-order valence-corrected chi connectivity index (χ4v) is 5.25. The standard InChI is InChI=1S/C29H32N4O2/c1-19-7-8-21(16-31-19)10-9-20-11-12-26-25(13-20)29(2,3)18-33(26)28(35)22-14-27(34)32(17-22)24-6-4-5-23(30)15-24/h4-8,11-13,15-16,22H,9-10,14,17-18,30H2,1-3H3/t22-/m0/s1. The van der Waals surface area contributed by atoms with Crippen LogP contribution in [0.15, 0.2) is 60.8 Å². The molecule has 0 unspecified atom stereocenters. The molecule has 0 spiro atoms. The molecule has 5 rings (SSSR count). The minimum absolute atomic E-state index is 0.0232. The second-order valence-electron chi connectivity index (χ2n) is 10.5. The van der Waals surface area contributed by atoms with Crippen molar-refractivity contribution in [1.29, 1.82) is 0 Å². The molecule has 1 fully saturated rings. The predicted octanol–water partition coefficient (Wildman–Crippen LogP) is 4.43. The van der Waals surface area contributed by atoms with E-state index in [0.29, 0.717) is 18.8 Å². The van der Waals surface area contributed by atoms with E-state index < -0.39 is 0 Å². The first kappa shape index (κ1) is 23.1. The van der Waals surface area contributed by atoms with Gasteiger partial charge in [0, 0.05) is 53.9 Å². The number of nitrogens with zero attached hydrogens (tertiary/aromatic N) is 3. The molecule has 2 aliphatic rings. The lowest BCUT2D eigenvalue weighted by Crippen LogP contribution is -2.39. The lowest BCUT2D eigenvalue weighted by molar-refractivity contribution is -0.124. The number of amides is 2. The Balaban J connectivity index is 1.32. The van der Waals surface area contributed by atoms with Crippen molar-refractivity contribution >= 4 is 28.9 Å². The van der Waals surface area contributed by atoms with Crippen LogP contribution in [0.25, 0.3) is 0 Å². The van der Waals surface area contributed by atoms with Crippen LogP contribution in [0.3, 0.4) is 0 Å². The third-order valence-corrected chi connectivity index (χ3v) is 7.23. The summed E-state index contributed by atoms with van der Waals surface area (Å²) in [4.78, 5) is 34.3. The Morgan fingerprint density at radius 1 is 1.09 bits per heavy atom. The number of nitrogens with two attached hydrogens (primary N) is 1. The first-order valence-electron chi connectivity index (χ1n) is 12.2. The number of carbonyl (C=O) groups is 2. The van der Waals surface area contributed by atoms with E-state index in [-0.39, 0.29) is 29.6 Å². The van der Waals surface area contributed by atoms with E-state index in [0.717, 1.165) is 29.9 Å². The highest BCUT2D eigenvalue weighted by Gasteiger charge is 2.43. The maximum Gasteiger partial charge on any atom is 0.232 e. The number of hydrogen-bond acceptors (Lipinski definition) is 4. The summed E-state index contributed by atoms with van der Waals surface area (Å²) in [6, 6.07) is 17.9. The van der Waals surface area contributed by atoms with Gasteiger partial charge in [0.15, 0.2) is 0 Å². The van der Waals surface area contributed by atoms with Gasteiger partial charge in [0.25, 0.3) is 0 Å². The lowest BCUT2D eigenvalue weighted by Gasteiger charge is -2.23. The van der Waals surface area contributed by atoms with Crippen LogP contribution in [0.5, 0.6) is 0 Å². The van der Waals surface area contributed by atoms with Gasteiger partial charge in [0.2, 0.25) is 11.8 Å². The molecular formula is C29H32N4O2. The highest BCUT2D eigenvalue weighted by molar-refractivity contribution is 6.05. The van der Waals surface area contributed by atoms with Crippen LogP contribution < -0.4 is 15.5 Å². The van der Waals surface area contributed by atoms with Gasteiger partial charge in [-0.15, -0.1) is 0 Å². The maximum atomic E-state index is 13.6. The molecule has 2 aliphatic heterocycles. The van der Waals surface area contributed by atoms with Gasteiger partial charge < -0.3 is 15.5 Å². The molecule has 0 radical (unpaired) electrons. The van der Waals surface area contributed by atoms with Gasteiger partial charge in [-0.2, -0.15) is 0 Å². The molecule has 180 valence electrons. The molecule has 2 aromatic carbocycles. The third-order valence-electron chi connectivity index (χ3n) is 7.23. The quantitative estimate of drug-likeness (QED) is 0.562. The Morgan fingerprint density at radius 2 is 1.86 bits per heavy atom. The summed E-state index contributed by atoms with van der Waals surface area (Å²) in [7, 11) is 0.